The fourth-order valence-corrected chi connectivity index (χ4v) is 1.20. The number of ether oxygens (including phenoxy) is 3. The van der Waals surface area contributed by atoms with Gasteiger partial charge >= 0.3 is 5.97 Å². The van der Waals surface area contributed by atoms with Crippen LogP contribution in [0.4, 0.5) is 0 Å². The molecule has 0 aliphatic rings. The molecule has 6 nitrogen and oxygen atoms in total. The lowest BCUT2D eigenvalue weighted by Crippen LogP contribution is -2.36. The lowest BCUT2D eigenvalue weighted by atomic mass is 10.1. The largest absolute Gasteiger partial charge is 0.446 e. The first kappa shape index (κ1) is 15.7. The number of methoxy groups -OCH3 is 2. The van der Waals surface area contributed by atoms with E-state index in [1.807, 2.05) is 0 Å². The van der Waals surface area contributed by atoms with Gasteiger partial charge in [-0.25, -0.2) is 0 Å². The summed E-state index contributed by atoms with van der Waals surface area (Å²) in [4.78, 5) is 34.0. The van der Waals surface area contributed by atoms with E-state index in [1.165, 1.54) is 14.2 Å². The number of hydrogen-bond donors (Lipinski definition) is 0. The standard InChI is InChI=1S/C11H18O6/c1-5-8(13)11(17-7(2)12)9(14)6-10(15-3)16-4/h10-11H,5-6H2,1-4H3. The van der Waals surface area contributed by atoms with E-state index in [2.05, 4.69) is 0 Å². The maximum atomic E-state index is 11.7. The van der Waals surface area contributed by atoms with E-state index < -0.39 is 29.9 Å². The van der Waals surface area contributed by atoms with Crippen molar-refractivity contribution in [1.29, 1.82) is 0 Å². The molecule has 0 saturated heterocycles. The van der Waals surface area contributed by atoms with Crippen LogP contribution in [0.2, 0.25) is 0 Å². The number of hydrogen-bond acceptors (Lipinski definition) is 6. The van der Waals surface area contributed by atoms with E-state index in [-0.39, 0.29) is 12.8 Å². The van der Waals surface area contributed by atoms with Gasteiger partial charge in [0.05, 0.1) is 6.42 Å². The third kappa shape index (κ3) is 5.55. The van der Waals surface area contributed by atoms with Crippen LogP contribution in [0.1, 0.15) is 26.7 Å². The Kier molecular flexibility index (Phi) is 7.32. The molecule has 1 unspecified atom stereocenters. The second-order valence-corrected chi connectivity index (χ2v) is 3.38. The maximum absolute atomic E-state index is 11.7. The fourth-order valence-electron chi connectivity index (χ4n) is 1.20. The molecular weight excluding hydrogens is 228 g/mol. The molecule has 0 N–H and O–H groups in total. The topological polar surface area (TPSA) is 78.9 Å². The highest BCUT2D eigenvalue weighted by atomic mass is 16.7. The van der Waals surface area contributed by atoms with E-state index >= 15 is 0 Å². The number of carbonyl (C=O) groups excluding carboxylic acids is 3. The maximum Gasteiger partial charge on any atom is 0.303 e. The second-order valence-electron chi connectivity index (χ2n) is 3.38. The lowest BCUT2D eigenvalue weighted by Gasteiger charge is -2.17. The highest BCUT2D eigenvalue weighted by Crippen LogP contribution is 2.07. The predicted octanol–water partition coefficient (Wildman–Crippen LogP) is 0.475. The molecule has 98 valence electrons. The summed E-state index contributed by atoms with van der Waals surface area (Å²) in [5.74, 6) is -1.63. The van der Waals surface area contributed by atoms with Crippen molar-refractivity contribution in [2.24, 2.45) is 0 Å². The first-order valence-corrected chi connectivity index (χ1v) is 5.24. The molecule has 0 saturated carbocycles. The van der Waals surface area contributed by atoms with Gasteiger partial charge < -0.3 is 14.2 Å². The van der Waals surface area contributed by atoms with Gasteiger partial charge in [-0.15, -0.1) is 0 Å². The first-order valence-electron chi connectivity index (χ1n) is 5.24. The number of esters is 1. The molecule has 0 aromatic carbocycles. The van der Waals surface area contributed by atoms with Crippen LogP contribution in [0.15, 0.2) is 0 Å². The Morgan fingerprint density at radius 2 is 1.59 bits per heavy atom. The molecule has 0 aliphatic heterocycles. The van der Waals surface area contributed by atoms with Crippen molar-refractivity contribution in [3.05, 3.63) is 0 Å². The third-order valence-electron chi connectivity index (χ3n) is 2.11. The van der Waals surface area contributed by atoms with E-state index in [9.17, 15) is 14.4 Å². The average Bonchev–Trinajstić information content (AvgIpc) is 2.31. The number of rotatable bonds is 8. The Hall–Kier alpha value is -1.27. The minimum absolute atomic E-state index is 0.119. The summed E-state index contributed by atoms with van der Waals surface area (Å²) < 4.78 is 14.4. The van der Waals surface area contributed by atoms with Crippen molar-refractivity contribution in [3.8, 4) is 0 Å². The smallest absolute Gasteiger partial charge is 0.303 e. The highest BCUT2D eigenvalue weighted by Gasteiger charge is 2.29. The average molecular weight is 246 g/mol. The van der Waals surface area contributed by atoms with Gasteiger partial charge in [-0.1, -0.05) is 6.92 Å². The molecule has 0 aliphatic carbocycles. The number of ketones is 2. The Balaban J connectivity index is 4.62. The van der Waals surface area contributed by atoms with Crippen molar-refractivity contribution in [2.75, 3.05) is 14.2 Å². The Morgan fingerprint density at radius 1 is 1.06 bits per heavy atom. The van der Waals surface area contributed by atoms with Crippen molar-refractivity contribution in [2.45, 2.75) is 39.1 Å². The van der Waals surface area contributed by atoms with Crippen LogP contribution < -0.4 is 0 Å². The summed E-state index contributed by atoms with van der Waals surface area (Å²) in [6, 6.07) is 0. The molecule has 0 fully saturated rings. The van der Waals surface area contributed by atoms with Crippen LogP contribution in [0.25, 0.3) is 0 Å². The van der Waals surface area contributed by atoms with Crippen LogP contribution in [0.3, 0.4) is 0 Å². The van der Waals surface area contributed by atoms with Crippen LogP contribution in [0, 0.1) is 0 Å². The fraction of sp³-hybridized carbons (Fsp3) is 0.727. The quantitative estimate of drug-likeness (QED) is 0.352. The van der Waals surface area contributed by atoms with Crippen LogP contribution in [-0.4, -0.2) is 44.1 Å². The van der Waals surface area contributed by atoms with Gasteiger partial charge in [0, 0.05) is 27.6 Å². The van der Waals surface area contributed by atoms with Gasteiger partial charge in [-0.3, -0.25) is 14.4 Å². The van der Waals surface area contributed by atoms with Crippen molar-refractivity contribution in [3.63, 3.8) is 0 Å². The lowest BCUT2D eigenvalue weighted by molar-refractivity contribution is -0.163. The zero-order chi connectivity index (χ0) is 13.4. The summed E-state index contributed by atoms with van der Waals surface area (Å²) in [7, 11) is 2.76. The minimum atomic E-state index is -1.36. The van der Waals surface area contributed by atoms with Crippen LogP contribution in [0.5, 0.6) is 0 Å². The summed E-state index contributed by atoms with van der Waals surface area (Å²) >= 11 is 0. The third-order valence-corrected chi connectivity index (χ3v) is 2.11. The monoisotopic (exact) mass is 246 g/mol. The van der Waals surface area contributed by atoms with E-state index in [4.69, 9.17) is 14.2 Å². The highest BCUT2D eigenvalue weighted by molar-refractivity contribution is 6.06. The predicted molar refractivity (Wildman–Crippen MR) is 58.3 cm³/mol. The van der Waals surface area contributed by atoms with Gasteiger partial charge in [-0.2, -0.15) is 0 Å². The Morgan fingerprint density at radius 3 is 1.94 bits per heavy atom. The molecule has 0 spiro atoms. The molecule has 0 bridgehead atoms. The normalized spacial score (nSPS) is 12.3. The Labute approximate surface area is 100 Å². The van der Waals surface area contributed by atoms with Gasteiger partial charge in [0.2, 0.25) is 6.10 Å². The van der Waals surface area contributed by atoms with E-state index in [1.54, 1.807) is 6.92 Å². The molecule has 0 heterocycles. The summed E-state index contributed by atoms with van der Waals surface area (Å²) in [5, 5.41) is 0. The van der Waals surface area contributed by atoms with Crippen molar-refractivity contribution >= 4 is 17.5 Å². The molecule has 0 radical (unpaired) electrons. The molecule has 0 amide bonds. The van der Waals surface area contributed by atoms with Crippen LogP contribution in [-0.2, 0) is 28.6 Å². The van der Waals surface area contributed by atoms with Crippen molar-refractivity contribution < 1.29 is 28.6 Å². The van der Waals surface area contributed by atoms with Gasteiger partial charge in [0.1, 0.15) is 0 Å². The molecule has 0 rings (SSSR count). The summed E-state index contributed by atoms with van der Waals surface area (Å²) in [6.45, 7) is 2.74. The van der Waals surface area contributed by atoms with Crippen LogP contribution >= 0.6 is 0 Å². The molecule has 17 heavy (non-hydrogen) atoms. The van der Waals surface area contributed by atoms with Gasteiger partial charge in [0.25, 0.3) is 0 Å². The molecule has 0 aromatic rings. The number of carbonyl (C=O) groups is 3. The zero-order valence-corrected chi connectivity index (χ0v) is 10.5. The zero-order valence-electron chi connectivity index (χ0n) is 10.5. The molecule has 1 atom stereocenters. The molecule has 6 heteroatoms. The van der Waals surface area contributed by atoms with E-state index in [0.29, 0.717) is 0 Å². The number of Topliss-reactive ketones (excluding diaryl/α,β-unsaturated/α-hetero) is 2. The summed E-state index contributed by atoms with van der Waals surface area (Å²) in [5.41, 5.74) is 0. The summed E-state index contributed by atoms with van der Waals surface area (Å²) in [6.07, 6.45) is -2.12. The van der Waals surface area contributed by atoms with Gasteiger partial charge in [0.15, 0.2) is 17.9 Å². The first-order chi connectivity index (χ1) is 7.96. The van der Waals surface area contributed by atoms with Crippen molar-refractivity contribution in [1.82, 2.24) is 0 Å². The van der Waals surface area contributed by atoms with Gasteiger partial charge in [-0.05, 0) is 0 Å². The molecule has 0 aromatic heterocycles. The molecular formula is C11H18O6. The Bertz CT molecular complexity index is 282. The minimum Gasteiger partial charge on any atom is -0.446 e. The SMILES string of the molecule is CCC(=O)C(OC(C)=O)C(=O)CC(OC)OC. The van der Waals surface area contributed by atoms with E-state index in [0.717, 1.165) is 6.92 Å². The second kappa shape index (κ2) is 7.92.